The molecule has 27 heavy (non-hydrogen) atoms. The monoisotopic (exact) mass is 366 g/mol. The number of nitrogens with zero attached hydrogens (tertiary/aromatic N) is 4. The summed E-state index contributed by atoms with van der Waals surface area (Å²) in [5.74, 6) is 1.35. The number of hydrogen-bond donors (Lipinski definition) is 0. The van der Waals surface area contributed by atoms with Crippen molar-refractivity contribution in [2.24, 2.45) is 7.05 Å². The summed E-state index contributed by atoms with van der Waals surface area (Å²) in [6.45, 7) is 9.12. The minimum atomic E-state index is 0.108. The molecule has 2 aliphatic heterocycles. The predicted molar refractivity (Wildman–Crippen MR) is 110 cm³/mol. The summed E-state index contributed by atoms with van der Waals surface area (Å²) in [5.41, 5.74) is 6.08. The van der Waals surface area contributed by atoms with Crippen molar-refractivity contribution in [1.29, 1.82) is 0 Å². The molecular weight excluding hydrogens is 336 g/mol. The topological polar surface area (TPSA) is 41.4 Å². The highest BCUT2D eigenvalue weighted by atomic mass is 16.1. The number of benzene rings is 1. The molecule has 2 atom stereocenters. The lowest BCUT2D eigenvalue weighted by Crippen LogP contribution is -2.45. The van der Waals surface area contributed by atoms with Crippen LogP contribution < -0.4 is 10.5 Å². The van der Waals surface area contributed by atoms with Crippen molar-refractivity contribution in [2.45, 2.75) is 45.6 Å². The number of aromatic nitrogens is 2. The molecule has 1 fully saturated rings. The van der Waals surface area contributed by atoms with E-state index in [4.69, 9.17) is 0 Å². The van der Waals surface area contributed by atoms with E-state index in [2.05, 4.69) is 47.0 Å². The van der Waals surface area contributed by atoms with E-state index in [9.17, 15) is 4.79 Å². The van der Waals surface area contributed by atoms with Crippen molar-refractivity contribution in [3.8, 4) is 0 Å². The van der Waals surface area contributed by atoms with Gasteiger partial charge in [0.25, 0.3) is 5.56 Å². The van der Waals surface area contributed by atoms with Gasteiger partial charge in [-0.15, -0.1) is 0 Å². The van der Waals surface area contributed by atoms with Crippen LogP contribution in [0.15, 0.2) is 23.0 Å². The van der Waals surface area contributed by atoms with Gasteiger partial charge in [-0.2, -0.15) is 0 Å². The van der Waals surface area contributed by atoms with E-state index >= 15 is 0 Å². The van der Waals surface area contributed by atoms with Crippen LogP contribution in [0.4, 0.5) is 5.69 Å². The molecule has 0 radical (unpaired) electrons. The molecule has 144 valence electrons. The number of piperidine rings is 1. The summed E-state index contributed by atoms with van der Waals surface area (Å²) in [7, 11) is 4.05. The quantitative estimate of drug-likeness (QED) is 0.837. The molecule has 0 amide bonds. The summed E-state index contributed by atoms with van der Waals surface area (Å²) in [5, 5.41) is 0. The van der Waals surface area contributed by atoms with Crippen LogP contribution in [0.3, 0.4) is 0 Å². The van der Waals surface area contributed by atoms with E-state index in [-0.39, 0.29) is 5.56 Å². The number of rotatable bonds is 3. The van der Waals surface area contributed by atoms with Gasteiger partial charge in [0, 0.05) is 62.6 Å². The normalized spacial score (nSPS) is 22.0. The third kappa shape index (κ3) is 3.08. The first-order valence-electron chi connectivity index (χ1n) is 9.95. The number of likely N-dealkylation sites (tertiary alicyclic amines) is 1. The molecule has 1 saturated heterocycles. The van der Waals surface area contributed by atoms with Crippen LogP contribution in [0.5, 0.6) is 0 Å². The highest BCUT2D eigenvalue weighted by molar-refractivity contribution is 5.62. The summed E-state index contributed by atoms with van der Waals surface area (Å²) in [4.78, 5) is 22.2. The number of hydrogen-bond acceptors (Lipinski definition) is 4. The van der Waals surface area contributed by atoms with E-state index in [0.29, 0.717) is 12.0 Å². The summed E-state index contributed by atoms with van der Waals surface area (Å²) < 4.78 is 1.67. The van der Waals surface area contributed by atoms with Crippen molar-refractivity contribution >= 4 is 5.69 Å². The van der Waals surface area contributed by atoms with Crippen molar-refractivity contribution in [3.63, 3.8) is 0 Å². The molecule has 5 heteroatoms. The Labute approximate surface area is 161 Å². The van der Waals surface area contributed by atoms with Gasteiger partial charge >= 0.3 is 0 Å². The van der Waals surface area contributed by atoms with Gasteiger partial charge < -0.3 is 9.80 Å². The van der Waals surface area contributed by atoms with Crippen LogP contribution in [-0.2, 0) is 13.5 Å². The van der Waals surface area contributed by atoms with Crippen molar-refractivity contribution in [1.82, 2.24) is 14.5 Å². The van der Waals surface area contributed by atoms with Crippen molar-refractivity contribution in [2.75, 3.05) is 31.6 Å². The molecule has 2 aromatic rings. The van der Waals surface area contributed by atoms with Gasteiger partial charge in [0.05, 0.1) is 0 Å². The Bertz CT molecular complexity index is 933. The maximum absolute atomic E-state index is 12.6. The Morgan fingerprint density at radius 2 is 1.96 bits per heavy atom. The Hall–Kier alpha value is -2.14. The summed E-state index contributed by atoms with van der Waals surface area (Å²) in [6, 6.07) is 7.46. The van der Waals surface area contributed by atoms with E-state index in [0.717, 1.165) is 43.1 Å². The minimum Gasteiger partial charge on any atom is -0.371 e. The van der Waals surface area contributed by atoms with E-state index < -0.39 is 0 Å². The highest BCUT2D eigenvalue weighted by Crippen LogP contribution is 2.44. The summed E-state index contributed by atoms with van der Waals surface area (Å²) in [6.07, 6.45) is 1.96. The third-order valence-electron chi connectivity index (χ3n) is 6.61. The van der Waals surface area contributed by atoms with Gasteiger partial charge in [0.2, 0.25) is 0 Å². The highest BCUT2D eigenvalue weighted by Gasteiger charge is 2.40. The van der Waals surface area contributed by atoms with Crippen LogP contribution in [0, 0.1) is 20.8 Å². The second kappa shape index (κ2) is 6.79. The second-order valence-corrected chi connectivity index (χ2v) is 8.27. The molecule has 1 aromatic carbocycles. The second-order valence-electron chi connectivity index (χ2n) is 8.27. The molecule has 0 N–H and O–H groups in total. The van der Waals surface area contributed by atoms with E-state index in [1.54, 1.807) is 4.57 Å². The van der Waals surface area contributed by atoms with Crippen molar-refractivity contribution < 1.29 is 0 Å². The zero-order valence-corrected chi connectivity index (χ0v) is 17.1. The average molecular weight is 367 g/mol. The molecule has 4 rings (SSSR count). The number of aryl methyl sites for hydroxylation is 3. The lowest BCUT2D eigenvalue weighted by atomic mass is 9.88. The summed E-state index contributed by atoms with van der Waals surface area (Å²) >= 11 is 0. The third-order valence-corrected chi connectivity index (χ3v) is 6.61. The first-order chi connectivity index (χ1) is 12.9. The average Bonchev–Trinajstić information content (AvgIpc) is 2.91. The SMILES string of the molecule is Cc1ccc2c(c1)C1CN(CCc3c(C)nc(C)n(C)c3=O)CCC1N2C. The van der Waals surface area contributed by atoms with Crippen LogP contribution in [0.25, 0.3) is 0 Å². The molecule has 3 heterocycles. The molecule has 0 saturated carbocycles. The number of likely N-dealkylation sites (N-methyl/N-ethyl adjacent to an activating group) is 1. The molecule has 1 aromatic heterocycles. The minimum absolute atomic E-state index is 0.108. The van der Waals surface area contributed by atoms with Gasteiger partial charge in [0.15, 0.2) is 0 Å². The molecule has 0 aliphatic carbocycles. The number of anilines is 1. The maximum Gasteiger partial charge on any atom is 0.256 e. The fraction of sp³-hybridized carbons (Fsp3) is 0.545. The van der Waals surface area contributed by atoms with E-state index in [1.807, 2.05) is 20.9 Å². The fourth-order valence-corrected chi connectivity index (χ4v) is 4.90. The van der Waals surface area contributed by atoms with Crippen LogP contribution in [-0.4, -0.2) is 47.2 Å². The molecule has 0 spiro atoms. The van der Waals surface area contributed by atoms with Gasteiger partial charge in [0.1, 0.15) is 5.82 Å². The molecular formula is C22H30N4O. The van der Waals surface area contributed by atoms with Gasteiger partial charge in [-0.1, -0.05) is 17.7 Å². The lowest BCUT2D eigenvalue weighted by Gasteiger charge is -2.37. The van der Waals surface area contributed by atoms with Crippen molar-refractivity contribution in [3.05, 3.63) is 56.8 Å². The smallest absolute Gasteiger partial charge is 0.256 e. The Morgan fingerprint density at radius 1 is 1.19 bits per heavy atom. The van der Waals surface area contributed by atoms with E-state index in [1.165, 1.54) is 23.2 Å². The Kier molecular flexibility index (Phi) is 4.58. The standard InChI is InChI=1S/C22H30N4O/c1-14-6-7-20-18(12-14)19-13-26(11-9-21(19)25(20)5)10-8-17-15(2)23-16(3)24(4)22(17)27/h6-7,12,19,21H,8-11,13H2,1-5H3. The predicted octanol–water partition coefficient (Wildman–Crippen LogP) is 2.56. The fourth-order valence-electron chi connectivity index (χ4n) is 4.90. The van der Waals surface area contributed by atoms with Gasteiger partial charge in [-0.05, 0) is 45.2 Å². The largest absolute Gasteiger partial charge is 0.371 e. The molecule has 5 nitrogen and oxygen atoms in total. The zero-order chi connectivity index (χ0) is 19.3. The van der Waals surface area contributed by atoms with Gasteiger partial charge in [-0.25, -0.2) is 4.98 Å². The van der Waals surface area contributed by atoms with Crippen LogP contribution in [0.2, 0.25) is 0 Å². The van der Waals surface area contributed by atoms with Crippen LogP contribution in [0.1, 0.15) is 40.5 Å². The zero-order valence-electron chi connectivity index (χ0n) is 17.1. The molecule has 2 unspecified atom stereocenters. The molecule has 2 aliphatic rings. The first kappa shape index (κ1) is 18.2. The van der Waals surface area contributed by atoms with Gasteiger partial charge in [-0.3, -0.25) is 9.36 Å². The first-order valence-corrected chi connectivity index (χ1v) is 9.95. The Morgan fingerprint density at radius 3 is 2.74 bits per heavy atom. The Balaban J connectivity index is 1.51. The number of fused-ring (bicyclic) bond motifs is 3. The maximum atomic E-state index is 12.6. The molecule has 0 bridgehead atoms. The lowest BCUT2D eigenvalue weighted by molar-refractivity contribution is 0.197. The van der Waals surface area contributed by atoms with Crippen LogP contribution >= 0.6 is 0 Å².